The monoisotopic (exact) mass is 315 g/mol. The Balaban J connectivity index is 1.81. The summed E-state index contributed by atoms with van der Waals surface area (Å²) in [7, 11) is 0. The summed E-state index contributed by atoms with van der Waals surface area (Å²) in [5.41, 5.74) is 1.70. The highest BCUT2D eigenvalue weighted by Crippen LogP contribution is 2.07. The second kappa shape index (κ2) is 8.20. The fourth-order valence-corrected chi connectivity index (χ4v) is 1.82. The smallest absolute Gasteiger partial charge is 0.131 e. The van der Waals surface area contributed by atoms with E-state index in [9.17, 15) is 4.39 Å². The lowest BCUT2D eigenvalue weighted by Gasteiger charge is -1.97. The Kier molecular flexibility index (Phi) is 5.98. The van der Waals surface area contributed by atoms with Crippen LogP contribution in [0.3, 0.4) is 0 Å². The van der Waals surface area contributed by atoms with Crippen molar-refractivity contribution in [1.82, 2.24) is 0 Å². The summed E-state index contributed by atoms with van der Waals surface area (Å²) < 4.78 is 13.4. The number of halogens is 2. The highest BCUT2D eigenvalue weighted by Gasteiger charge is 1.97. The molecule has 0 saturated heterocycles. The fourth-order valence-electron chi connectivity index (χ4n) is 1.69. The molecular weight excluding hydrogens is 301 g/mol. The van der Waals surface area contributed by atoms with Crippen LogP contribution in [0.5, 0.6) is 0 Å². The van der Waals surface area contributed by atoms with Crippen molar-refractivity contribution < 1.29 is 4.39 Å². The van der Waals surface area contributed by atoms with E-state index in [4.69, 9.17) is 17.0 Å². The first-order valence-electron chi connectivity index (χ1n) is 6.71. The van der Waals surface area contributed by atoms with Gasteiger partial charge < -0.3 is 5.41 Å². The Morgan fingerprint density at radius 3 is 2.32 bits per heavy atom. The fraction of sp³-hybridized carbons (Fsp3) is 0.118. The van der Waals surface area contributed by atoms with Crippen molar-refractivity contribution in [2.75, 3.05) is 13.1 Å². The predicted molar refractivity (Wildman–Crippen MR) is 90.5 cm³/mol. The van der Waals surface area contributed by atoms with Crippen LogP contribution in [0.25, 0.3) is 0 Å². The first kappa shape index (κ1) is 16.0. The molecule has 2 rings (SSSR count). The molecule has 0 radical (unpaired) electrons. The molecule has 0 amide bonds. The number of nitrogens with zero attached hydrogens (tertiary/aromatic N) is 2. The van der Waals surface area contributed by atoms with Gasteiger partial charge in [0.25, 0.3) is 0 Å². The summed E-state index contributed by atoms with van der Waals surface area (Å²) in [5.74, 6) is -0.321. The Hall–Kier alpha value is -2.33. The molecule has 0 bridgehead atoms. The summed E-state index contributed by atoms with van der Waals surface area (Å²) in [5, 5.41) is 8.44. The topological polar surface area (TPSA) is 48.6 Å². The summed E-state index contributed by atoms with van der Waals surface area (Å²) in [4.78, 5) is 8.23. The van der Waals surface area contributed by atoms with Gasteiger partial charge in [-0.05, 0) is 23.8 Å². The molecule has 2 aromatic carbocycles. The standard InChI is InChI=1S/C17H15ClFN3/c18-15-7-5-13(6-8-15)9-21-11-16(20)12-22-10-14-3-1-2-4-17(14)19/h1-10,20H,11-12H2. The van der Waals surface area contributed by atoms with Crippen LogP contribution in [0.15, 0.2) is 58.5 Å². The third-order valence-electron chi connectivity index (χ3n) is 2.81. The molecule has 0 fully saturated rings. The molecule has 0 aliphatic heterocycles. The Bertz CT molecular complexity index is 693. The van der Waals surface area contributed by atoms with Crippen molar-refractivity contribution in [2.24, 2.45) is 9.98 Å². The summed E-state index contributed by atoms with van der Waals surface area (Å²) in [6.07, 6.45) is 3.12. The first-order valence-corrected chi connectivity index (χ1v) is 7.09. The number of aliphatic imine (C=N–C) groups is 2. The van der Waals surface area contributed by atoms with E-state index in [-0.39, 0.29) is 18.9 Å². The van der Waals surface area contributed by atoms with E-state index in [1.165, 1.54) is 12.3 Å². The minimum absolute atomic E-state index is 0.201. The lowest BCUT2D eigenvalue weighted by atomic mass is 10.2. The number of benzene rings is 2. The van der Waals surface area contributed by atoms with Gasteiger partial charge in [-0.25, -0.2) is 4.39 Å². The van der Waals surface area contributed by atoms with E-state index in [1.54, 1.807) is 36.5 Å². The van der Waals surface area contributed by atoms with Crippen LogP contribution in [-0.4, -0.2) is 31.2 Å². The SMILES string of the molecule is N=C(CN=Cc1ccc(Cl)cc1)CN=Cc1ccccc1F. The maximum absolute atomic E-state index is 13.4. The van der Waals surface area contributed by atoms with E-state index in [2.05, 4.69) is 9.98 Å². The first-order chi connectivity index (χ1) is 10.6. The van der Waals surface area contributed by atoms with Crippen molar-refractivity contribution in [3.05, 3.63) is 70.5 Å². The van der Waals surface area contributed by atoms with E-state index in [0.717, 1.165) is 5.56 Å². The van der Waals surface area contributed by atoms with Crippen molar-refractivity contribution in [3.8, 4) is 0 Å². The molecule has 0 aromatic heterocycles. The van der Waals surface area contributed by atoms with E-state index < -0.39 is 0 Å². The molecule has 112 valence electrons. The number of hydrogen-bond donors (Lipinski definition) is 1. The van der Waals surface area contributed by atoms with Gasteiger partial charge in [-0.2, -0.15) is 0 Å². The molecule has 0 spiro atoms. The van der Waals surface area contributed by atoms with Gasteiger partial charge in [-0.15, -0.1) is 0 Å². The van der Waals surface area contributed by atoms with Gasteiger partial charge in [0.1, 0.15) is 5.82 Å². The highest BCUT2D eigenvalue weighted by atomic mass is 35.5. The average molecular weight is 316 g/mol. The van der Waals surface area contributed by atoms with E-state index in [1.807, 2.05) is 12.1 Å². The second-order valence-electron chi connectivity index (χ2n) is 4.62. The van der Waals surface area contributed by atoms with Gasteiger partial charge in [0, 0.05) is 23.0 Å². The molecule has 22 heavy (non-hydrogen) atoms. The van der Waals surface area contributed by atoms with Crippen LogP contribution < -0.4 is 0 Å². The Labute approximate surface area is 133 Å². The van der Waals surface area contributed by atoms with Gasteiger partial charge in [-0.3, -0.25) is 9.98 Å². The maximum atomic E-state index is 13.4. The molecule has 0 aliphatic carbocycles. The summed E-state index contributed by atoms with van der Waals surface area (Å²) in [6.45, 7) is 0.462. The lowest BCUT2D eigenvalue weighted by molar-refractivity contribution is 0.626. The zero-order valence-corrected chi connectivity index (χ0v) is 12.6. The van der Waals surface area contributed by atoms with Crippen LogP contribution in [0, 0.1) is 11.2 Å². The molecule has 0 aliphatic rings. The van der Waals surface area contributed by atoms with Crippen molar-refractivity contribution >= 4 is 29.7 Å². The van der Waals surface area contributed by atoms with Crippen LogP contribution >= 0.6 is 11.6 Å². The largest absolute Gasteiger partial charge is 0.306 e. The van der Waals surface area contributed by atoms with Crippen molar-refractivity contribution in [2.45, 2.75) is 0 Å². The van der Waals surface area contributed by atoms with Crippen molar-refractivity contribution in [1.29, 1.82) is 5.41 Å². The summed E-state index contributed by atoms with van der Waals surface area (Å²) in [6, 6.07) is 13.7. The lowest BCUT2D eigenvalue weighted by Crippen LogP contribution is -2.06. The third kappa shape index (κ3) is 5.22. The molecule has 0 unspecified atom stereocenters. The maximum Gasteiger partial charge on any atom is 0.131 e. The molecular formula is C17H15ClFN3. The molecule has 2 aromatic rings. The van der Waals surface area contributed by atoms with Gasteiger partial charge in [0.2, 0.25) is 0 Å². The summed E-state index contributed by atoms with van der Waals surface area (Å²) >= 11 is 5.79. The highest BCUT2D eigenvalue weighted by molar-refractivity contribution is 6.30. The predicted octanol–water partition coefficient (Wildman–Crippen LogP) is 4.04. The normalized spacial score (nSPS) is 11.4. The van der Waals surface area contributed by atoms with E-state index in [0.29, 0.717) is 16.3 Å². The third-order valence-corrected chi connectivity index (χ3v) is 3.06. The molecule has 1 N–H and O–H groups in total. The van der Waals surface area contributed by atoms with Crippen molar-refractivity contribution in [3.63, 3.8) is 0 Å². The van der Waals surface area contributed by atoms with Gasteiger partial charge in [0.15, 0.2) is 0 Å². The Morgan fingerprint density at radius 2 is 1.64 bits per heavy atom. The van der Waals surface area contributed by atoms with Crippen LogP contribution in [0.4, 0.5) is 4.39 Å². The quantitative estimate of drug-likeness (QED) is 0.782. The van der Waals surface area contributed by atoms with Gasteiger partial charge in [0.05, 0.1) is 18.8 Å². The second-order valence-corrected chi connectivity index (χ2v) is 5.05. The number of rotatable bonds is 6. The van der Waals surface area contributed by atoms with Crippen LogP contribution in [0.1, 0.15) is 11.1 Å². The minimum Gasteiger partial charge on any atom is -0.306 e. The molecule has 0 atom stereocenters. The van der Waals surface area contributed by atoms with Gasteiger partial charge >= 0.3 is 0 Å². The van der Waals surface area contributed by atoms with Gasteiger partial charge in [-0.1, -0.05) is 41.9 Å². The number of hydrogen-bond acceptors (Lipinski definition) is 3. The van der Waals surface area contributed by atoms with Crippen LogP contribution in [-0.2, 0) is 0 Å². The van der Waals surface area contributed by atoms with E-state index >= 15 is 0 Å². The minimum atomic E-state index is -0.321. The molecule has 5 heteroatoms. The Morgan fingerprint density at radius 1 is 1.00 bits per heavy atom. The molecule has 0 heterocycles. The van der Waals surface area contributed by atoms with Crippen LogP contribution in [0.2, 0.25) is 5.02 Å². The number of nitrogens with one attached hydrogen (secondary N) is 1. The average Bonchev–Trinajstić information content (AvgIpc) is 2.51. The molecule has 0 saturated carbocycles. The zero-order chi connectivity index (χ0) is 15.8. The zero-order valence-electron chi connectivity index (χ0n) is 11.8. The molecule has 3 nitrogen and oxygen atoms in total.